The quantitative estimate of drug-likeness (QED) is 0.838. The molecule has 0 spiro atoms. The van der Waals surface area contributed by atoms with Crippen molar-refractivity contribution in [2.45, 2.75) is 65.0 Å². The van der Waals surface area contributed by atoms with Crippen LogP contribution in [0.25, 0.3) is 0 Å². The van der Waals surface area contributed by atoms with E-state index in [1.807, 2.05) is 0 Å². The molecule has 0 radical (unpaired) electrons. The van der Waals surface area contributed by atoms with E-state index in [1.165, 1.54) is 56.5 Å². The Bertz CT molecular complexity index is 472. The summed E-state index contributed by atoms with van der Waals surface area (Å²) in [5.41, 5.74) is 2.53. The molecule has 0 amide bonds. The molecule has 2 aliphatic rings. The lowest BCUT2D eigenvalue weighted by molar-refractivity contribution is 0.341. The molecule has 1 aromatic rings. The molecule has 2 heterocycles. The number of pyridine rings is 1. The third-order valence-electron chi connectivity index (χ3n) is 5.06. The minimum Gasteiger partial charge on any atom is -0.353 e. The molecule has 1 saturated heterocycles. The van der Waals surface area contributed by atoms with Crippen molar-refractivity contribution < 1.29 is 0 Å². The minimum absolute atomic E-state index is 0.754. The molecular formula is C18H29N3. The van der Waals surface area contributed by atoms with Crippen molar-refractivity contribution in [1.82, 2.24) is 10.3 Å². The van der Waals surface area contributed by atoms with E-state index in [1.54, 1.807) is 0 Å². The highest BCUT2D eigenvalue weighted by atomic mass is 15.2. The van der Waals surface area contributed by atoms with E-state index in [2.05, 4.69) is 36.2 Å². The second-order valence-corrected chi connectivity index (χ2v) is 6.75. The van der Waals surface area contributed by atoms with Crippen LogP contribution >= 0.6 is 0 Å². The molecule has 1 N–H and O–H groups in total. The van der Waals surface area contributed by atoms with Crippen LogP contribution in [0.3, 0.4) is 0 Å². The van der Waals surface area contributed by atoms with Crippen molar-refractivity contribution in [2.24, 2.45) is 5.92 Å². The Morgan fingerprint density at radius 2 is 2.10 bits per heavy atom. The number of rotatable bonds is 5. The molecule has 1 aromatic heterocycles. The molecule has 2 fully saturated rings. The van der Waals surface area contributed by atoms with Crippen LogP contribution in [0.15, 0.2) is 12.1 Å². The van der Waals surface area contributed by atoms with Crippen LogP contribution in [0.4, 0.5) is 5.82 Å². The summed E-state index contributed by atoms with van der Waals surface area (Å²) < 4.78 is 0. The summed E-state index contributed by atoms with van der Waals surface area (Å²) >= 11 is 0. The highest BCUT2D eigenvalue weighted by Crippen LogP contribution is 2.38. The maximum absolute atomic E-state index is 4.83. The zero-order chi connectivity index (χ0) is 14.7. The van der Waals surface area contributed by atoms with Gasteiger partial charge in [0.2, 0.25) is 0 Å². The van der Waals surface area contributed by atoms with Gasteiger partial charge in [0.05, 0.1) is 0 Å². The highest BCUT2D eigenvalue weighted by molar-refractivity contribution is 5.45. The summed E-state index contributed by atoms with van der Waals surface area (Å²) in [6, 6.07) is 5.29. The molecule has 116 valence electrons. The van der Waals surface area contributed by atoms with Crippen molar-refractivity contribution in [3.05, 3.63) is 23.4 Å². The predicted octanol–water partition coefficient (Wildman–Crippen LogP) is 3.66. The Morgan fingerprint density at radius 1 is 1.24 bits per heavy atom. The van der Waals surface area contributed by atoms with Gasteiger partial charge in [0.1, 0.15) is 5.82 Å². The smallest absolute Gasteiger partial charge is 0.129 e. The molecule has 1 saturated carbocycles. The first-order valence-electron chi connectivity index (χ1n) is 8.73. The largest absolute Gasteiger partial charge is 0.353 e. The van der Waals surface area contributed by atoms with Crippen molar-refractivity contribution in [3.63, 3.8) is 0 Å². The number of anilines is 1. The normalized spacial score (nSPS) is 25.1. The Hall–Kier alpha value is -1.09. The molecule has 1 aliphatic heterocycles. The van der Waals surface area contributed by atoms with E-state index in [0.717, 1.165) is 30.7 Å². The summed E-state index contributed by atoms with van der Waals surface area (Å²) in [5.74, 6) is 2.14. The number of hydrogen-bond donors (Lipinski definition) is 1. The fourth-order valence-corrected chi connectivity index (χ4v) is 4.07. The summed E-state index contributed by atoms with van der Waals surface area (Å²) in [6.45, 7) is 7.59. The number of nitrogens with zero attached hydrogens (tertiary/aromatic N) is 2. The van der Waals surface area contributed by atoms with E-state index in [-0.39, 0.29) is 0 Å². The lowest BCUT2D eigenvalue weighted by Crippen LogP contribution is -2.35. The number of aryl methyl sites for hydroxylation is 1. The standard InChI is InChI=1S/C18H29N3/c1-3-9-19-13-15-11-14(2)20-18(12-15)21-10-8-16-6-4-5-7-17(16)21/h11-12,16-17,19H,3-10,13H2,1-2H3. The van der Waals surface area contributed by atoms with Crippen molar-refractivity contribution >= 4 is 5.82 Å². The van der Waals surface area contributed by atoms with E-state index >= 15 is 0 Å². The van der Waals surface area contributed by atoms with Gasteiger partial charge in [-0.2, -0.15) is 0 Å². The molecule has 0 bridgehead atoms. The summed E-state index contributed by atoms with van der Waals surface area (Å²) in [4.78, 5) is 7.43. The summed E-state index contributed by atoms with van der Waals surface area (Å²) in [7, 11) is 0. The average molecular weight is 287 g/mol. The number of hydrogen-bond acceptors (Lipinski definition) is 3. The van der Waals surface area contributed by atoms with E-state index in [9.17, 15) is 0 Å². The van der Waals surface area contributed by atoms with Gasteiger partial charge >= 0.3 is 0 Å². The molecular weight excluding hydrogens is 258 g/mol. The van der Waals surface area contributed by atoms with Gasteiger partial charge in [-0.15, -0.1) is 0 Å². The van der Waals surface area contributed by atoms with Crippen molar-refractivity contribution in [2.75, 3.05) is 18.0 Å². The lowest BCUT2D eigenvalue weighted by atomic mass is 9.85. The molecule has 3 heteroatoms. The van der Waals surface area contributed by atoms with Gasteiger partial charge in [-0.1, -0.05) is 19.8 Å². The average Bonchev–Trinajstić information content (AvgIpc) is 2.91. The molecule has 2 atom stereocenters. The lowest BCUT2D eigenvalue weighted by Gasteiger charge is -2.32. The van der Waals surface area contributed by atoms with Crippen molar-refractivity contribution in [1.29, 1.82) is 0 Å². The molecule has 21 heavy (non-hydrogen) atoms. The van der Waals surface area contributed by atoms with Crippen LogP contribution in [-0.2, 0) is 6.54 Å². The van der Waals surface area contributed by atoms with Gasteiger partial charge in [-0.25, -0.2) is 4.98 Å². The van der Waals surface area contributed by atoms with Crippen LogP contribution in [0.1, 0.15) is 56.7 Å². The number of nitrogens with one attached hydrogen (secondary N) is 1. The Morgan fingerprint density at radius 3 is 2.95 bits per heavy atom. The first-order chi connectivity index (χ1) is 10.3. The van der Waals surface area contributed by atoms with E-state index in [4.69, 9.17) is 4.98 Å². The van der Waals surface area contributed by atoms with Gasteiger partial charge in [-0.05, 0) is 62.8 Å². The predicted molar refractivity (Wildman–Crippen MR) is 88.7 cm³/mol. The molecule has 3 nitrogen and oxygen atoms in total. The van der Waals surface area contributed by atoms with Gasteiger partial charge in [0.15, 0.2) is 0 Å². The monoisotopic (exact) mass is 287 g/mol. The summed E-state index contributed by atoms with van der Waals surface area (Å²) in [5, 5.41) is 3.51. The van der Waals surface area contributed by atoms with Gasteiger partial charge in [-0.3, -0.25) is 0 Å². The number of aromatic nitrogens is 1. The van der Waals surface area contributed by atoms with Gasteiger partial charge in [0.25, 0.3) is 0 Å². The SMILES string of the molecule is CCCNCc1cc(C)nc(N2CCC3CCCCC32)c1. The zero-order valence-electron chi connectivity index (χ0n) is 13.6. The summed E-state index contributed by atoms with van der Waals surface area (Å²) in [6.07, 6.45) is 8.18. The Kier molecular flexibility index (Phi) is 4.79. The molecule has 2 unspecified atom stereocenters. The first kappa shape index (κ1) is 14.8. The van der Waals surface area contributed by atoms with E-state index in [0.29, 0.717) is 0 Å². The molecule has 3 rings (SSSR count). The van der Waals surface area contributed by atoms with Crippen molar-refractivity contribution in [3.8, 4) is 0 Å². The second kappa shape index (κ2) is 6.78. The van der Waals surface area contributed by atoms with Crippen LogP contribution < -0.4 is 10.2 Å². The fraction of sp³-hybridized carbons (Fsp3) is 0.722. The minimum atomic E-state index is 0.754. The van der Waals surface area contributed by atoms with Crippen LogP contribution in [-0.4, -0.2) is 24.1 Å². The third-order valence-corrected chi connectivity index (χ3v) is 5.06. The maximum atomic E-state index is 4.83. The van der Waals surface area contributed by atoms with E-state index < -0.39 is 0 Å². The highest BCUT2D eigenvalue weighted by Gasteiger charge is 2.36. The van der Waals surface area contributed by atoms with Gasteiger partial charge < -0.3 is 10.2 Å². The number of fused-ring (bicyclic) bond motifs is 1. The third kappa shape index (κ3) is 3.39. The second-order valence-electron chi connectivity index (χ2n) is 6.75. The molecule has 1 aliphatic carbocycles. The molecule has 0 aromatic carbocycles. The van der Waals surface area contributed by atoms with Crippen LogP contribution in [0.5, 0.6) is 0 Å². The first-order valence-corrected chi connectivity index (χ1v) is 8.73. The zero-order valence-corrected chi connectivity index (χ0v) is 13.6. The van der Waals surface area contributed by atoms with Gasteiger partial charge in [0, 0.05) is 24.8 Å². The topological polar surface area (TPSA) is 28.2 Å². The fourth-order valence-electron chi connectivity index (χ4n) is 4.07. The van der Waals surface area contributed by atoms with Crippen LogP contribution in [0.2, 0.25) is 0 Å². The Balaban J connectivity index is 1.75. The van der Waals surface area contributed by atoms with Crippen LogP contribution in [0, 0.1) is 12.8 Å². The Labute approximate surface area is 129 Å². The maximum Gasteiger partial charge on any atom is 0.129 e.